The van der Waals surface area contributed by atoms with Gasteiger partial charge in [-0.15, -0.1) is 0 Å². The molecule has 0 saturated heterocycles. The predicted octanol–water partition coefficient (Wildman–Crippen LogP) is 4.05. The van der Waals surface area contributed by atoms with Gasteiger partial charge >= 0.3 is 5.97 Å². The fraction of sp³-hybridized carbons (Fsp3) is 0.250. The quantitative estimate of drug-likeness (QED) is 0.630. The van der Waals surface area contributed by atoms with Gasteiger partial charge in [-0.05, 0) is 62.4 Å². The van der Waals surface area contributed by atoms with Crippen LogP contribution in [0.15, 0.2) is 54.6 Å². The van der Waals surface area contributed by atoms with E-state index in [1.807, 2.05) is 38.1 Å². The molecule has 3 aromatic rings. The van der Waals surface area contributed by atoms with Crippen LogP contribution < -0.4 is 14.8 Å². The van der Waals surface area contributed by atoms with Crippen LogP contribution in [0.1, 0.15) is 28.2 Å². The third-order valence-electron chi connectivity index (χ3n) is 5.00. The molecule has 1 aliphatic heterocycles. The van der Waals surface area contributed by atoms with E-state index < -0.39 is 11.9 Å². The van der Waals surface area contributed by atoms with E-state index in [4.69, 9.17) is 14.2 Å². The lowest BCUT2D eigenvalue weighted by molar-refractivity contribution is -0.119. The van der Waals surface area contributed by atoms with Crippen LogP contribution in [-0.4, -0.2) is 36.3 Å². The van der Waals surface area contributed by atoms with Crippen LogP contribution in [0.3, 0.4) is 0 Å². The molecule has 0 bridgehead atoms. The van der Waals surface area contributed by atoms with Crippen molar-refractivity contribution in [1.82, 2.24) is 4.57 Å². The summed E-state index contributed by atoms with van der Waals surface area (Å²) in [5.74, 6) is 0.246. The molecule has 0 atom stereocenters. The van der Waals surface area contributed by atoms with E-state index in [1.54, 1.807) is 30.3 Å². The fourth-order valence-electron chi connectivity index (χ4n) is 3.47. The average molecular weight is 420 g/mol. The monoisotopic (exact) mass is 420 g/mol. The molecule has 31 heavy (non-hydrogen) atoms. The highest BCUT2D eigenvalue weighted by molar-refractivity contribution is 5.95. The van der Waals surface area contributed by atoms with Gasteiger partial charge in [0, 0.05) is 35.2 Å². The van der Waals surface area contributed by atoms with E-state index in [0.717, 1.165) is 23.5 Å². The molecule has 1 aromatic heterocycles. The second kappa shape index (κ2) is 8.95. The Labute approximate surface area is 180 Å². The Morgan fingerprint density at radius 3 is 2.32 bits per heavy atom. The smallest absolute Gasteiger partial charge is 0.338 e. The molecule has 1 amide bonds. The van der Waals surface area contributed by atoms with Crippen molar-refractivity contribution in [3.05, 3.63) is 71.5 Å². The Morgan fingerprint density at radius 1 is 0.935 bits per heavy atom. The number of carbonyl (C=O) groups is 2. The molecular weight excluding hydrogens is 396 g/mol. The highest BCUT2D eigenvalue weighted by Crippen LogP contribution is 2.32. The van der Waals surface area contributed by atoms with Gasteiger partial charge in [-0.2, -0.15) is 0 Å². The number of rotatable bonds is 5. The van der Waals surface area contributed by atoms with Crippen molar-refractivity contribution in [2.24, 2.45) is 0 Å². The summed E-state index contributed by atoms with van der Waals surface area (Å²) in [6, 6.07) is 16.3. The number of anilines is 1. The van der Waals surface area contributed by atoms with E-state index in [-0.39, 0.29) is 6.61 Å². The largest absolute Gasteiger partial charge is 0.490 e. The number of carbonyl (C=O) groups excluding carboxylic acids is 2. The lowest BCUT2D eigenvalue weighted by Crippen LogP contribution is -2.21. The minimum absolute atomic E-state index is 0.384. The summed E-state index contributed by atoms with van der Waals surface area (Å²) in [6.07, 6.45) is 0.804. The molecule has 4 rings (SSSR count). The number of benzene rings is 2. The lowest BCUT2D eigenvalue weighted by atomic mass is 10.2. The standard InChI is InChI=1S/C24H24N2O5/c1-16-4-5-17(2)26(16)20-9-6-18(7-10-20)24(28)31-15-23(27)25-19-8-11-21-22(14-19)30-13-3-12-29-21/h4-11,14H,3,12-13,15H2,1-2H3,(H,25,27). The third-order valence-corrected chi connectivity index (χ3v) is 5.00. The average Bonchev–Trinajstić information content (AvgIpc) is 2.96. The molecule has 1 aliphatic rings. The Balaban J connectivity index is 1.33. The summed E-state index contributed by atoms with van der Waals surface area (Å²) in [5, 5.41) is 2.70. The van der Waals surface area contributed by atoms with Crippen LogP contribution >= 0.6 is 0 Å². The number of fused-ring (bicyclic) bond motifs is 1. The van der Waals surface area contributed by atoms with Crippen LogP contribution in [0.2, 0.25) is 0 Å². The zero-order valence-electron chi connectivity index (χ0n) is 17.5. The van der Waals surface area contributed by atoms with E-state index in [9.17, 15) is 9.59 Å². The maximum Gasteiger partial charge on any atom is 0.338 e. The molecule has 0 unspecified atom stereocenters. The Bertz CT molecular complexity index is 1080. The first-order chi connectivity index (χ1) is 15.0. The number of ether oxygens (including phenoxy) is 3. The first-order valence-corrected chi connectivity index (χ1v) is 10.1. The van der Waals surface area contributed by atoms with E-state index in [1.165, 1.54) is 0 Å². The summed E-state index contributed by atoms with van der Waals surface area (Å²) in [6.45, 7) is 4.82. The van der Waals surface area contributed by atoms with Gasteiger partial charge in [-0.3, -0.25) is 4.79 Å². The zero-order chi connectivity index (χ0) is 21.8. The highest BCUT2D eigenvalue weighted by Gasteiger charge is 2.14. The first kappa shape index (κ1) is 20.5. The number of nitrogens with one attached hydrogen (secondary N) is 1. The van der Waals surface area contributed by atoms with Crippen molar-refractivity contribution in [2.45, 2.75) is 20.3 Å². The molecule has 160 valence electrons. The fourth-order valence-corrected chi connectivity index (χ4v) is 3.47. The van der Waals surface area contributed by atoms with Gasteiger partial charge in [-0.1, -0.05) is 0 Å². The van der Waals surface area contributed by atoms with Gasteiger partial charge in [-0.25, -0.2) is 4.79 Å². The summed E-state index contributed by atoms with van der Waals surface area (Å²) in [5.41, 5.74) is 4.11. The van der Waals surface area contributed by atoms with Gasteiger partial charge in [0.15, 0.2) is 18.1 Å². The minimum atomic E-state index is -0.554. The number of aryl methyl sites for hydroxylation is 2. The molecular formula is C24H24N2O5. The summed E-state index contributed by atoms with van der Waals surface area (Å²) in [4.78, 5) is 24.5. The van der Waals surface area contributed by atoms with Crippen LogP contribution in [0.4, 0.5) is 5.69 Å². The zero-order valence-corrected chi connectivity index (χ0v) is 17.5. The van der Waals surface area contributed by atoms with Crippen LogP contribution in [0.25, 0.3) is 5.69 Å². The van der Waals surface area contributed by atoms with Crippen molar-refractivity contribution in [2.75, 3.05) is 25.1 Å². The molecule has 1 N–H and O–H groups in total. The van der Waals surface area contributed by atoms with E-state index in [2.05, 4.69) is 9.88 Å². The van der Waals surface area contributed by atoms with Gasteiger partial charge < -0.3 is 24.1 Å². The van der Waals surface area contributed by atoms with Crippen molar-refractivity contribution < 1.29 is 23.8 Å². The molecule has 7 nitrogen and oxygen atoms in total. The molecule has 0 aliphatic carbocycles. The number of hydrogen-bond acceptors (Lipinski definition) is 5. The molecule has 0 radical (unpaired) electrons. The number of amides is 1. The Kier molecular flexibility index (Phi) is 5.93. The number of hydrogen-bond donors (Lipinski definition) is 1. The predicted molar refractivity (Wildman–Crippen MR) is 116 cm³/mol. The van der Waals surface area contributed by atoms with Crippen molar-refractivity contribution in [1.29, 1.82) is 0 Å². The highest BCUT2D eigenvalue weighted by atomic mass is 16.5. The second-order valence-corrected chi connectivity index (χ2v) is 7.33. The van der Waals surface area contributed by atoms with Gasteiger partial charge in [0.05, 0.1) is 18.8 Å². The third kappa shape index (κ3) is 4.71. The number of esters is 1. The van der Waals surface area contributed by atoms with Crippen LogP contribution in [0.5, 0.6) is 11.5 Å². The van der Waals surface area contributed by atoms with Crippen molar-refractivity contribution in [3.8, 4) is 17.2 Å². The molecule has 7 heteroatoms. The molecule has 2 heterocycles. The number of nitrogens with zero attached hydrogens (tertiary/aromatic N) is 1. The first-order valence-electron chi connectivity index (χ1n) is 10.1. The van der Waals surface area contributed by atoms with E-state index in [0.29, 0.717) is 36.0 Å². The minimum Gasteiger partial charge on any atom is -0.490 e. The lowest BCUT2D eigenvalue weighted by Gasteiger charge is -2.11. The Morgan fingerprint density at radius 2 is 1.61 bits per heavy atom. The summed E-state index contributed by atoms with van der Waals surface area (Å²) in [7, 11) is 0. The summed E-state index contributed by atoms with van der Waals surface area (Å²) >= 11 is 0. The number of aromatic nitrogens is 1. The maximum absolute atomic E-state index is 12.3. The van der Waals surface area contributed by atoms with E-state index >= 15 is 0 Å². The SMILES string of the molecule is Cc1ccc(C)n1-c1ccc(C(=O)OCC(=O)Nc2ccc3c(c2)OCCCO3)cc1. The van der Waals surface area contributed by atoms with Crippen molar-refractivity contribution >= 4 is 17.6 Å². The van der Waals surface area contributed by atoms with Gasteiger partial charge in [0.2, 0.25) is 0 Å². The topological polar surface area (TPSA) is 78.8 Å². The van der Waals surface area contributed by atoms with Crippen LogP contribution in [-0.2, 0) is 9.53 Å². The van der Waals surface area contributed by atoms with Gasteiger partial charge in [0.25, 0.3) is 5.91 Å². The second-order valence-electron chi connectivity index (χ2n) is 7.33. The van der Waals surface area contributed by atoms with Crippen LogP contribution in [0, 0.1) is 13.8 Å². The Hall–Kier alpha value is -3.74. The van der Waals surface area contributed by atoms with Gasteiger partial charge in [0.1, 0.15) is 0 Å². The molecule has 0 saturated carbocycles. The molecule has 2 aromatic carbocycles. The van der Waals surface area contributed by atoms with Crippen molar-refractivity contribution in [3.63, 3.8) is 0 Å². The molecule has 0 spiro atoms. The maximum atomic E-state index is 12.3. The normalized spacial score (nSPS) is 12.7. The summed E-state index contributed by atoms with van der Waals surface area (Å²) < 4.78 is 18.4. The molecule has 0 fully saturated rings.